The maximum atomic E-state index is 8.73. The van der Waals surface area contributed by atoms with Gasteiger partial charge in [0, 0.05) is 25.3 Å². The van der Waals surface area contributed by atoms with Crippen LogP contribution in [-0.4, -0.2) is 55.6 Å². The summed E-state index contributed by atoms with van der Waals surface area (Å²) in [6, 6.07) is 7.48. The zero-order chi connectivity index (χ0) is 14.2. The van der Waals surface area contributed by atoms with Gasteiger partial charge in [0.25, 0.3) is 0 Å². The molecule has 1 saturated heterocycles. The number of hydrogen-bond acceptors (Lipinski definition) is 5. The lowest BCUT2D eigenvalue weighted by Gasteiger charge is -2.31. The largest absolute Gasteiger partial charge is 0.492 e. The average molecular weight is 280 g/mol. The highest BCUT2D eigenvalue weighted by atomic mass is 16.5. The molecule has 0 aliphatic carbocycles. The Balaban J connectivity index is 1.60. The molecule has 1 heterocycles. The van der Waals surface area contributed by atoms with Crippen molar-refractivity contribution in [2.75, 3.05) is 45.2 Å². The van der Waals surface area contributed by atoms with Gasteiger partial charge in [-0.05, 0) is 37.1 Å². The van der Waals surface area contributed by atoms with Gasteiger partial charge in [-0.15, -0.1) is 0 Å². The second-order valence-electron chi connectivity index (χ2n) is 5.05. The van der Waals surface area contributed by atoms with Crippen LogP contribution in [0.1, 0.15) is 12.8 Å². The minimum atomic E-state index is 0.107. The summed E-state index contributed by atoms with van der Waals surface area (Å²) in [5, 5.41) is 8.73. The van der Waals surface area contributed by atoms with Gasteiger partial charge in [-0.1, -0.05) is 0 Å². The molecule has 1 aromatic rings. The Morgan fingerprint density at radius 3 is 2.50 bits per heavy atom. The Labute approximate surface area is 120 Å². The first-order chi connectivity index (χ1) is 9.78. The van der Waals surface area contributed by atoms with Crippen molar-refractivity contribution in [2.24, 2.45) is 0 Å². The van der Waals surface area contributed by atoms with Crippen LogP contribution in [0.5, 0.6) is 5.75 Å². The molecule has 20 heavy (non-hydrogen) atoms. The number of nitrogens with zero attached hydrogens (tertiary/aromatic N) is 1. The molecular weight excluding hydrogens is 256 g/mol. The maximum Gasteiger partial charge on any atom is 0.119 e. The number of hydrogen-bond donors (Lipinski definition) is 2. The third kappa shape index (κ3) is 5.00. The van der Waals surface area contributed by atoms with Gasteiger partial charge >= 0.3 is 0 Å². The van der Waals surface area contributed by atoms with Crippen LogP contribution in [0, 0.1) is 0 Å². The van der Waals surface area contributed by atoms with Gasteiger partial charge in [0.15, 0.2) is 0 Å². The lowest BCUT2D eigenvalue weighted by Crippen LogP contribution is -2.39. The van der Waals surface area contributed by atoms with Crippen molar-refractivity contribution < 1.29 is 14.6 Å². The van der Waals surface area contributed by atoms with Gasteiger partial charge in [0.2, 0.25) is 0 Å². The monoisotopic (exact) mass is 280 g/mol. The second kappa shape index (κ2) is 8.09. The van der Waals surface area contributed by atoms with Crippen LogP contribution in [0.3, 0.4) is 0 Å². The molecule has 0 atom stereocenters. The molecule has 3 N–H and O–H groups in total. The van der Waals surface area contributed by atoms with Crippen LogP contribution in [0.2, 0.25) is 0 Å². The van der Waals surface area contributed by atoms with E-state index in [0.717, 1.165) is 43.9 Å². The summed E-state index contributed by atoms with van der Waals surface area (Å²) in [7, 11) is 0. The Morgan fingerprint density at radius 1 is 1.15 bits per heavy atom. The normalized spacial score (nSPS) is 17.2. The van der Waals surface area contributed by atoms with Crippen molar-refractivity contribution in [3.05, 3.63) is 24.3 Å². The fraction of sp³-hybridized carbons (Fsp3) is 0.600. The summed E-state index contributed by atoms with van der Waals surface area (Å²) in [6.07, 6.45) is 2.36. The minimum absolute atomic E-state index is 0.107. The quantitative estimate of drug-likeness (QED) is 0.733. The van der Waals surface area contributed by atoms with Gasteiger partial charge in [0.05, 0.1) is 19.3 Å². The van der Waals surface area contributed by atoms with E-state index in [4.69, 9.17) is 20.3 Å². The van der Waals surface area contributed by atoms with E-state index in [-0.39, 0.29) is 6.61 Å². The molecule has 0 radical (unpaired) electrons. The third-order valence-electron chi connectivity index (χ3n) is 3.54. The summed E-state index contributed by atoms with van der Waals surface area (Å²) in [6.45, 7) is 4.23. The molecule has 1 fully saturated rings. The Bertz CT molecular complexity index is 375. The summed E-state index contributed by atoms with van der Waals surface area (Å²) < 4.78 is 11.2. The number of piperidine rings is 1. The predicted molar refractivity (Wildman–Crippen MR) is 78.8 cm³/mol. The molecule has 5 heteroatoms. The summed E-state index contributed by atoms with van der Waals surface area (Å²) in [4.78, 5) is 2.39. The van der Waals surface area contributed by atoms with E-state index in [1.807, 2.05) is 24.3 Å². The fourth-order valence-electron chi connectivity index (χ4n) is 2.38. The molecule has 1 aliphatic heterocycles. The number of benzene rings is 1. The molecule has 0 bridgehead atoms. The molecule has 0 saturated carbocycles. The predicted octanol–water partition coefficient (Wildman–Crippen LogP) is 1.12. The Morgan fingerprint density at radius 2 is 1.85 bits per heavy atom. The molecule has 0 spiro atoms. The molecular formula is C15H24N2O3. The van der Waals surface area contributed by atoms with Crippen LogP contribution >= 0.6 is 0 Å². The van der Waals surface area contributed by atoms with E-state index >= 15 is 0 Å². The molecule has 0 aromatic heterocycles. The zero-order valence-electron chi connectivity index (χ0n) is 11.8. The first-order valence-corrected chi connectivity index (χ1v) is 7.21. The molecule has 2 rings (SSSR count). The van der Waals surface area contributed by atoms with E-state index in [1.165, 1.54) is 0 Å². The molecule has 1 aliphatic rings. The highest BCUT2D eigenvalue weighted by Crippen LogP contribution is 2.15. The second-order valence-corrected chi connectivity index (χ2v) is 5.05. The van der Waals surface area contributed by atoms with Crippen LogP contribution < -0.4 is 10.5 Å². The number of rotatable bonds is 7. The first kappa shape index (κ1) is 15.1. The maximum absolute atomic E-state index is 8.73. The average Bonchev–Trinajstić information content (AvgIpc) is 2.48. The van der Waals surface area contributed by atoms with Crippen molar-refractivity contribution in [1.82, 2.24) is 4.90 Å². The van der Waals surface area contributed by atoms with E-state index < -0.39 is 0 Å². The highest BCUT2D eigenvalue weighted by molar-refractivity contribution is 5.41. The van der Waals surface area contributed by atoms with Crippen molar-refractivity contribution in [1.29, 1.82) is 0 Å². The molecule has 1 aromatic carbocycles. The molecule has 112 valence electrons. The van der Waals surface area contributed by atoms with Gasteiger partial charge < -0.3 is 20.3 Å². The minimum Gasteiger partial charge on any atom is -0.492 e. The fourth-order valence-corrected chi connectivity index (χ4v) is 2.38. The smallest absolute Gasteiger partial charge is 0.119 e. The van der Waals surface area contributed by atoms with Crippen LogP contribution in [0.25, 0.3) is 0 Å². The molecule has 5 nitrogen and oxygen atoms in total. The van der Waals surface area contributed by atoms with Gasteiger partial charge in [-0.3, -0.25) is 4.90 Å². The SMILES string of the molecule is Nc1ccc(OCCN2CCC(OCCO)CC2)cc1. The number of nitrogens with two attached hydrogens (primary N) is 1. The highest BCUT2D eigenvalue weighted by Gasteiger charge is 2.19. The van der Waals surface area contributed by atoms with Gasteiger partial charge in [-0.2, -0.15) is 0 Å². The molecule has 0 amide bonds. The number of aliphatic hydroxyl groups excluding tert-OH is 1. The topological polar surface area (TPSA) is 68.0 Å². The summed E-state index contributed by atoms with van der Waals surface area (Å²) in [5.74, 6) is 0.861. The summed E-state index contributed by atoms with van der Waals surface area (Å²) >= 11 is 0. The van der Waals surface area contributed by atoms with E-state index in [9.17, 15) is 0 Å². The summed E-state index contributed by atoms with van der Waals surface area (Å²) in [5.41, 5.74) is 6.38. The van der Waals surface area contributed by atoms with Crippen LogP contribution in [-0.2, 0) is 4.74 Å². The van der Waals surface area contributed by atoms with E-state index in [0.29, 0.717) is 19.3 Å². The van der Waals surface area contributed by atoms with Gasteiger partial charge in [0.1, 0.15) is 12.4 Å². The van der Waals surface area contributed by atoms with Gasteiger partial charge in [-0.25, -0.2) is 0 Å². The Hall–Kier alpha value is -1.30. The van der Waals surface area contributed by atoms with Crippen molar-refractivity contribution in [3.8, 4) is 5.75 Å². The number of nitrogen functional groups attached to an aromatic ring is 1. The van der Waals surface area contributed by atoms with Crippen LogP contribution in [0.4, 0.5) is 5.69 Å². The third-order valence-corrected chi connectivity index (χ3v) is 3.54. The standard InChI is InChI=1S/C15H24N2O3/c16-13-1-3-14(4-2-13)19-11-9-17-7-5-15(6-8-17)20-12-10-18/h1-4,15,18H,5-12,16H2. The lowest BCUT2D eigenvalue weighted by atomic mass is 10.1. The van der Waals surface area contributed by atoms with E-state index in [2.05, 4.69) is 4.90 Å². The first-order valence-electron chi connectivity index (χ1n) is 7.21. The lowest BCUT2D eigenvalue weighted by molar-refractivity contribution is -0.00923. The van der Waals surface area contributed by atoms with Crippen LogP contribution in [0.15, 0.2) is 24.3 Å². The van der Waals surface area contributed by atoms with Crippen molar-refractivity contribution in [2.45, 2.75) is 18.9 Å². The number of likely N-dealkylation sites (tertiary alicyclic amines) is 1. The van der Waals surface area contributed by atoms with Crippen molar-refractivity contribution >= 4 is 5.69 Å². The number of aliphatic hydroxyl groups is 1. The van der Waals surface area contributed by atoms with E-state index in [1.54, 1.807) is 0 Å². The zero-order valence-corrected chi connectivity index (χ0v) is 11.8. The molecule has 0 unspecified atom stereocenters. The number of anilines is 1. The van der Waals surface area contributed by atoms with Crippen molar-refractivity contribution in [3.63, 3.8) is 0 Å². The Kier molecular flexibility index (Phi) is 6.11. The number of ether oxygens (including phenoxy) is 2.